The van der Waals surface area contributed by atoms with Crippen LogP contribution in [0.1, 0.15) is 37.1 Å². The topological polar surface area (TPSA) is 70.2 Å². The van der Waals surface area contributed by atoms with Gasteiger partial charge in [-0.05, 0) is 25.3 Å². The van der Waals surface area contributed by atoms with Crippen LogP contribution in [0.2, 0.25) is 0 Å². The molecule has 2 aromatic rings. The van der Waals surface area contributed by atoms with Crippen molar-refractivity contribution in [1.82, 2.24) is 20.2 Å². The van der Waals surface area contributed by atoms with Crippen molar-refractivity contribution in [3.8, 4) is 0 Å². The van der Waals surface area contributed by atoms with E-state index in [1.807, 2.05) is 6.20 Å². The molecule has 2 aliphatic heterocycles. The zero-order valence-corrected chi connectivity index (χ0v) is 14.8. The molecule has 1 unspecified atom stereocenters. The highest BCUT2D eigenvalue weighted by Crippen LogP contribution is 2.29. The molecule has 2 saturated heterocycles. The summed E-state index contributed by atoms with van der Waals surface area (Å²) in [7, 11) is 0. The molecular weight excluding hydrogens is 316 g/mol. The van der Waals surface area contributed by atoms with Crippen molar-refractivity contribution in [2.75, 3.05) is 49.2 Å². The molecule has 7 heteroatoms. The second-order valence-corrected chi connectivity index (χ2v) is 6.77. The smallest absolute Gasteiger partial charge is 0.227 e. The zero-order valence-electron chi connectivity index (χ0n) is 14.8. The highest BCUT2D eigenvalue weighted by Gasteiger charge is 2.25. The van der Waals surface area contributed by atoms with E-state index in [0.717, 1.165) is 63.3 Å². The second kappa shape index (κ2) is 7.39. The number of morpholine rings is 1. The Labute approximate surface area is 148 Å². The summed E-state index contributed by atoms with van der Waals surface area (Å²) in [5.41, 5.74) is 2.33. The first kappa shape index (κ1) is 16.3. The Balaban J connectivity index is 1.57. The lowest BCUT2D eigenvalue weighted by molar-refractivity contribution is 0.122. The van der Waals surface area contributed by atoms with Crippen molar-refractivity contribution in [3.63, 3.8) is 0 Å². The van der Waals surface area contributed by atoms with Crippen LogP contribution in [0, 0.1) is 0 Å². The Morgan fingerprint density at radius 3 is 2.84 bits per heavy atom. The molecule has 1 atom stereocenters. The number of aryl methyl sites for hydroxylation is 1. The Bertz CT molecular complexity index is 683. The Morgan fingerprint density at radius 1 is 1.20 bits per heavy atom. The number of H-pyrrole nitrogens is 1. The van der Waals surface area contributed by atoms with Gasteiger partial charge in [0.25, 0.3) is 0 Å². The van der Waals surface area contributed by atoms with Crippen molar-refractivity contribution in [2.45, 2.75) is 32.1 Å². The van der Waals surface area contributed by atoms with Gasteiger partial charge in [0.1, 0.15) is 5.82 Å². The Morgan fingerprint density at radius 2 is 2.08 bits per heavy atom. The van der Waals surface area contributed by atoms with Crippen LogP contribution in [0.5, 0.6) is 0 Å². The number of piperidine rings is 1. The molecule has 0 radical (unpaired) electrons. The number of rotatable bonds is 4. The fourth-order valence-corrected chi connectivity index (χ4v) is 3.65. The standard InChI is InChI=1S/C18H26N6O/c1-2-15-12-17(21-18(20-15)23-8-10-25-11-9-23)24-7-3-4-14(13-24)16-5-6-19-22-16/h5-6,12,14H,2-4,7-11,13H2,1H3,(H,19,22). The molecule has 1 N–H and O–H groups in total. The number of aromatic amines is 1. The lowest BCUT2D eigenvalue weighted by Crippen LogP contribution is -2.39. The van der Waals surface area contributed by atoms with E-state index in [9.17, 15) is 0 Å². The minimum Gasteiger partial charge on any atom is -0.378 e. The number of aromatic nitrogens is 4. The van der Waals surface area contributed by atoms with E-state index in [1.165, 1.54) is 18.5 Å². The molecule has 2 aliphatic rings. The summed E-state index contributed by atoms with van der Waals surface area (Å²) in [4.78, 5) is 14.3. The molecule has 0 amide bonds. The fourth-order valence-electron chi connectivity index (χ4n) is 3.65. The first-order valence-corrected chi connectivity index (χ1v) is 9.28. The van der Waals surface area contributed by atoms with Crippen LogP contribution >= 0.6 is 0 Å². The van der Waals surface area contributed by atoms with Gasteiger partial charge in [0.2, 0.25) is 5.95 Å². The van der Waals surface area contributed by atoms with Gasteiger partial charge in [0, 0.05) is 55.7 Å². The van der Waals surface area contributed by atoms with Crippen molar-refractivity contribution in [1.29, 1.82) is 0 Å². The van der Waals surface area contributed by atoms with Crippen LogP contribution in [-0.4, -0.2) is 59.6 Å². The molecule has 2 aromatic heterocycles. The predicted molar refractivity (Wildman–Crippen MR) is 97.2 cm³/mol. The van der Waals surface area contributed by atoms with E-state index < -0.39 is 0 Å². The molecule has 0 saturated carbocycles. The third-order valence-corrected chi connectivity index (χ3v) is 5.12. The SMILES string of the molecule is CCc1cc(N2CCCC(c3ccn[nH]3)C2)nc(N2CCOCC2)n1. The first-order valence-electron chi connectivity index (χ1n) is 9.28. The van der Waals surface area contributed by atoms with Crippen LogP contribution in [-0.2, 0) is 11.2 Å². The monoisotopic (exact) mass is 342 g/mol. The van der Waals surface area contributed by atoms with Gasteiger partial charge in [-0.2, -0.15) is 10.1 Å². The average molecular weight is 342 g/mol. The van der Waals surface area contributed by atoms with Gasteiger partial charge in [0.05, 0.1) is 13.2 Å². The van der Waals surface area contributed by atoms with E-state index in [1.54, 1.807) is 0 Å². The molecule has 4 heterocycles. The van der Waals surface area contributed by atoms with E-state index >= 15 is 0 Å². The zero-order chi connectivity index (χ0) is 17.1. The predicted octanol–water partition coefficient (Wildman–Crippen LogP) is 1.98. The Hall–Kier alpha value is -2.15. The molecular formula is C18H26N6O. The first-order chi connectivity index (χ1) is 12.3. The van der Waals surface area contributed by atoms with Crippen LogP contribution in [0.15, 0.2) is 18.3 Å². The summed E-state index contributed by atoms with van der Waals surface area (Å²) in [6.45, 7) is 7.41. The van der Waals surface area contributed by atoms with Gasteiger partial charge < -0.3 is 14.5 Å². The summed E-state index contributed by atoms with van der Waals surface area (Å²) in [5.74, 6) is 2.39. The fraction of sp³-hybridized carbons (Fsp3) is 0.611. The van der Waals surface area contributed by atoms with Crippen LogP contribution in [0.25, 0.3) is 0 Å². The molecule has 2 fully saturated rings. The molecule has 0 spiro atoms. The molecule has 7 nitrogen and oxygen atoms in total. The number of hydrogen-bond donors (Lipinski definition) is 1. The van der Waals surface area contributed by atoms with Crippen molar-refractivity contribution in [3.05, 3.63) is 29.7 Å². The molecule has 0 aromatic carbocycles. The van der Waals surface area contributed by atoms with Crippen molar-refractivity contribution < 1.29 is 4.74 Å². The quantitative estimate of drug-likeness (QED) is 0.916. The third-order valence-electron chi connectivity index (χ3n) is 5.12. The third kappa shape index (κ3) is 3.61. The summed E-state index contributed by atoms with van der Waals surface area (Å²) in [6, 6.07) is 4.24. The van der Waals surface area contributed by atoms with Crippen molar-refractivity contribution >= 4 is 11.8 Å². The van der Waals surface area contributed by atoms with Crippen LogP contribution < -0.4 is 9.80 Å². The number of ether oxygens (including phenoxy) is 1. The number of hydrogen-bond acceptors (Lipinski definition) is 6. The van der Waals surface area contributed by atoms with Gasteiger partial charge in [-0.15, -0.1) is 0 Å². The van der Waals surface area contributed by atoms with E-state index in [-0.39, 0.29) is 0 Å². The molecule has 0 bridgehead atoms. The van der Waals surface area contributed by atoms with Gasteiger partial charge in [-0.1, -0.05) is 6.92 Å². The average Bonchev–Trinajstić information content (AvgIpc) is 3.23. The lowest BCUT2D eigenvalue weighted by atomic mass is 9.95. The summed E-state index contributed by atoms with van der Waals surface area (Å²) in [6.07, 6.45) is 5.12. The normalized spacial score (nSPS) is 21.6. The van der Waals surface area contributed by atoms with Crippen LogP contribution in [0.3, 0.4) is 0 Å². The highest BCUT2D eigenvalue weighted by atomic mass is 16.5. The largest absolute Gasteiger partial charge is 0.378 e. The minimum absolute atomic E-state index is 0.489. The highest BCUT2D eigenvalue weighted by molar-refractivity contribution is 5.47. The summed E-state index contributed by atoms with van der Waals surface area (Å²) >= 11 is 0. The minimum atomic E-state index is 0.489. The lowest BCUT2D eigenvalue weighted by Gasteiger charge is -2.34. The maximum absolute atomic E-state index is 5.46. The van der Waals surface area contributed by atoms with E-state index in [0.29, 0.717) is 5.92 Å². The van der Waals surface area contributed by atoms with Crippen molar-refractivity contribution in [2.24, 2.45) is 0 Å². The number of nitrogens with zero attached hydrogens (tertiary/aromatic N) is 5. The maximum atomic E-state index is 5.46. The van der Waals surface area contributed by atoms with Crippen LogP contribution in [0.4, 0.5) is 11.8 Å². The molecule has 4 rings (SSSR count). The summed E-state index contributed by atoms with van der Waals surface area (Å²) < 4.78 is 5.46. The number of anilines is 2. The number of nitrogens with one attached hydrogen (secondary N) is 1. The van der Waals surface area contributed by atoms with E-state index in [4.69, 9.17) is 14.7 Å². The van der Waals surface area contributed by atoms with Gasteiger partial charge in [-0.3, -0.25) is 5.10 Å². The van der Waals surface area contributed by atoms with Gasteiger partial charge >= 0.3 is 0 Å². The van der Waals surface area contributed by atoms with E-state index in [2.05, 4.69) is 39.1 Å². The van der Waals surface area contributed by atoms with Gasteiger partial charge in [0.15, 0.2) is 0 Å². The molecule has 0 aliphatic carbocycles. The summed E-state index contributed by atoms with van der Waals surface area (Å²) in [5, 5.41) is 7.24. The molecule has 25 heavy (non-hydrogen) atoms. The Kier molecular flexibility index (Phi) is 4.83. The second-order valence-electron chi connectivity index (χ2n) is 6.77. The maximum Gasteiger partial charge on any atom is 0.227 e. The molecule has 134 valence electrons. The van der Waals surface area contributed by atoms with Gasteiger partial charge in [-0.25, -0.2) is 4.98 Å².